The molecule has 1 unspecified atom stereocenters. The zero-order valence-electron chi connectivity index (χ0n) is 6.01. The molecule has 5 N–H and O–H groups in total. The standard InChI is InChI=1S/C6H14O2.H3N/c1-6(8)4-2-3-5-7;/h6-8H,2-5H2,1H3;1H3. The summed E-state index contributed by atoms with van der Waals surface area (Å²) in [4.78, 5) is 0. The van der Waals surface area contributed by atoms with E-state index in [1.165, 1.54) is 0 Å². The van der Waals surface area contributed by atoms with Crippen molar-refractivity contribution < 1.29 is 10.2 Å². The van der Waals surface area contributed by atoms with E-state index in [2.05, 4.69) is 0 Å². The molecule has 0 aromatic carbocycles. The Hall–Kier alpha value is -0.120. The lowest BCUT2D eigenvalue weighted by molar-refractivity contribution is 0.175. The van der Waals surface area contributed by atoms with Crippen LogP contribution in [0.5, 0.6) is 0 Å². The van der Waals surface area contributed by atoms with Crippen LogP contribution in [0.3, 0.4) is 0 Å². The molecule has 1 atom stereocenters. The van der Waals surface area contributed by atoms with E-state index in [0.717, 1.165) is 19.3 Å². The van der Waals surface area contributed by atoms with E-state index >= 15 is 0 Å². The molecular weight excluding hydrogens is 118 g/mol. The SMILES string of the molecule is CC(O)CCCCO.N. The number of hydrogen-bond acceptors (Lipinski definition) is 3. The van der Waals surface area contributed by atoms with Gasteiger partial charge >= 0.3 is 0 Å². The van der Waals surface area contributed by atoms with Gasteiger partial charge in [0.05, 0.1) is 6.10 Å². The van der Waals surface area contributed by atoms with Gasteiger partial charge in [-0.2, -0.15) is 0 Å². The van der Waals surface area contributed by atoms with Gasteiger partial charge < -0.3 is 16.4 Å². The second kappa shape index (κ2) is 7.88. The maximum absolute atomic E-state index is 8.70. The highest BCUT2D eigenvalue weighted by molar-refractivity contribution is 4.45. The van der Waals surface area contributed by atoms with Gasteiger partial charge in [0, 0.05) is 6.61 Å². The van der Waals surface area contributed by atoms with E-state index in [4.69, 9.17) is 10.2 Å². The first kappa shape index (κ1) is 11.6. The Morgan fingerprint density at radius 2 is 1.89 bits per heavy atom. The lowest BCUT2D eigenvalue weighted by Gasteiger charge is -1.99. The summed E-state index contributed by atoms with van der Waals surface area (Å²) >= 11 is 0. The molecule has 3 nitrogen and oxygen atoms in total. The molecule has 0 fully saturated rings. The molecule has 3 heteroatoms. The van der Waals surface area contributed by atoms with Gasteiger partial charge in [-0.25, -0.2) is 0 Å². The molecular formula is C6H17NO2. The average molecular weight is 135 g/mol. The van der Waals surface area contributed by atoms with Crippen molar-refractivity contribution >= 4 is 0 Å². The fourth-order valence-electron chi connectivity index (χ4n) is 0.552. The minimum Gasteiger partial charge on any atom is -0.396 e. The largest absolute Gasteiger partial charge is 0.396 e. The minimum atomic E-state index is -0.207. The van der Waals surface area contributed by atoms with Gasteiger partial charge in [0.15, 0.2) is 0 Å². The number of aliphatic hydroxyl groups excluding tert-OH is 2. The highest BCUT2D eigenvalue weighted by atomic mass is 16.3. The summed E-state index contributed by atoms with van der Waals surface area (Å²) in [6.45, 7) is 2.00. The minimum absolute atomic E-state index is 0. The van der Waals surface area contributed by atoms with Crippen molar-refractivity contribution in [2.75, 3.05) is 6.61 Å². The van der Waals surface area contributed by atoms with Crippen molar-refractivity contribution in [1.82, 2.24) is 6.15 Å². The average Bonchev–Trinajstić information content (AvgIpc) is 1.66. The van der Waals surface area contributed by atoms with Crippen molar-refractivity contribution in [3.63, 3.8) is 0 Å². The summed E-state index contributed by atoms with van der Waals surface area (Å²) in [7, 11) is 0. The lowest BCUT2D eigenvalue weighted by Crippen LogP contribution is -1.98. The topological polar surface area (TPSA) is 75.5 Å². The quantitative estimate of drug-likeness (QED) is 0.496. The van der Waals surface area contributed by atoms with Crippen molar-refractivity contribution in [3.05, 3.63) is 0 Å². The van der Waals surface area contributed by atoms with Gasteiger partial charge in [-0.3, -0.25) is 0 Å². The normalized spacial score (nSPS) is 12.3. The Labute approximate surface area is 56.3 Å². The van der Waals surface area contributed by atoms with E-state index in [1.807, 2.05) is 0 Å². The Kier molecular flexibility index (Phi) is 10.2. The second-order valence-corrected chi connectivity index (χ2v) is 2.07. The van der Waals surface area contributed by atoms with Crippen LogP contribution < -0.4 is 6.15 Å². The molecule has 0 saturated carbocycles. The van der Waals surface area contributed by atoms with Gasteiger partial charge in [-0.05, 0) is 26.2 Å². The van der Waals surface area contributed by atoms with Crippen molar-refractivity contribution in [1.29, 1.82) is 0 Å². The summed E-state index contributed by atoms with van der Waals surface area (Å²) in [5.74, 6) is 0. The third-order valence-corrected chi connectivity index (χ3v) is 1.03. The molecule has 0 radical (unpaired) electrons. The van der Waals surface area contributed by atoms with Crippen LogP contribution in [0, 0.1) is 0 Å². The van der Waals surface area contributed by atoms with Crippen LogP contribution in [0.4, 0.5) is 0 Å². The van der Waals surface area contributed by atoms with Crippen LogP contribution in [-0.4, -0.2) is 22.9 Å². The molecule has 0 heterocycles. The van der Waals surface area contributed by atoms with E-state index in [9.17, 15) is 0 Å². The smallest absolute Gasteiger partial charge is 0.0512 e. The summed E-state index contributed by atoms with van der Waals surface area (Å²) in [6.07, 6.45) is 2.33. The third-order valence-electron chi connectivity index (χ3n) is 1.03. The predicted molar refractivity (Wildman–Crippen MR) is 37.6 cm³/mol. The molecule has 0 saturated heterocycles. The molecule has 0 rings (SSSR count). The molecule has 0 spiro atoms. The first-order valence-electron chi connectivity index (χ1n) is 3.06. The number of aliphatic hydroxyl groups is 2. The number of rotatable bonds is 4. The summed E-state index contributed by atoms with van der Waals surface area (Å²) in [5.41, 5.74) is 0. The van der Waals surface area contributed by atoms with E-state index in [0.29, 0.717) is 0 Å². The zero-order chi connectivity index (χ0) is 6.41. The van der Waals surface area contributed by atoms with Crippen LogP contribution in [0.25, 0.3) is 0 Å². The molecule has 0 aromatic heterocycles. The summed E-state index contributed by atoms with van der Waals surface area (Å²) in [5, 5.41) is 17.0. The van der Waals surface area contributed by atoms with E-state index in [1.54, 1.807) is 6.92 Å². The Bertz CT molecular complexity index is 48.3. The molecule has 0 amide bonds. The van der Waals surface area contributed by atoms with Crippen LogP contribution in [0.2, 0.25) is 0 Å². The van der Waals surface area contributed by atoms with Crippen LogP contribution in [0.1, 0.15) is 26.2 Å². The molecule has 0 bridgehead atoms. The van der Waals surface area contributed by atoms with Gasteiger partial charge in [0.1, 0.15) is 0 Å². The molecule has 9 heavy (non-hydrogen) atoms. The van der Waals surface area contributed by atoms with Gasteiger partial charge in [-0.15, -0.1) is 0 Å². The third kappa shape index (κ3) is 11.4. The molecule has 0 aliphatic carbocycles. The van der Waals surface area contributed by atoms with Gasteiger partial charge in [0.2, 0.25) is 0 Å². The Morgan fingerprint density at radius 3 is 2.22 bits per heavy atom. The molecule has 0 aliphatic heterocycles. The van der Waals surface area contributed by atoms with E-state index < -0.39 is 0 Å². The number of hydrogen-bond donors (Lipinski definition) is 3. The molecule has 0 aliphatic rings. The van der Waals surface area contributed by atoms with Crippen LogP contribution in [-0.2, 0) is 0 Å². The lowest BCUT2D eigenvalue weighted by atomic mass is 10.2. The van der Waals surface area contributed by atoms with Gasteiger partial charge in [0.25, 0.3) is 0 Å². The first-order valence-corrected chi connectivity index (χ1v) is 3.06. The summed E-state index contributed by atoms with van der Waals surface area (Å²) < 4.78 is 0. The highest BCUT2D eigenvalue weighted by Gasteiger charge is 1.92. The summed E-state index contributed by atoms with van der Waals surface area (Å²) in [6, 6.07) is 0. The Morgan fingerprint density at radius 1 is 1.33 bits per heavy atom. The molecule has 0 aromatic rings. The fraction of sp³-hybridized carbons (Fsp3) is 1.00. The van der Waals surface area contributed by atoms with Crippen molar-refractivity contribution in [3.8, 4) is 0 Å². The fourth-order valence-corrected chi connectivity index (χ4v) is 0.552. The van der Waals surface area contributed by atoms with Gasteiger partial charge in [-0.1, -0.05) is 0 Å². The maximum atomic E-state index is 8.70. The monoisotopic (exact) mass is 135 g/mol. The predicted octanol–water partition coefficient (Wildman–Crippen LogP) is 0.692. The highest BCUT2D eigenvalue weighted by Crippen LogP contribution is 1.97. The first-order chi connectivity index (χ1) is 3.77. The second-order valence-electron chi connectivity index (χ2n) is 2.07. The van der Waals surface area contributed by atoms with Crippen molar-refractivity contribution in [2.24, 2.45) is 0 Å². The number of unbranched alkanes of at least 4 members (excludes halogenated alkanes) is 1. The van der Waals surface area contributed by atoms with Crippen LogP contribution in [0.15, 0.2) is 0 Å². The zero-order valence-corrected chi connectivity index (χ0v) is 6.01. The van der Waals surface area contributed by atoms with Crippen LogP contribution >= 0.6 is 0 Å². The molecule has 58 valence electrons. The maximum Gasteiger partial charge on any atom is 0.0512 e. The van der Waals surface area contributed by atoms with E-state index in [-0.39, 0.29) is 18.9 Å². The Balaban J connectivity index is 0. The van der Waals surface area contributed by atoms with Crippen molar-refractivity contribution in [2.45, 2.75) is 32.3 Å².